The van der Waals surface area contributed by atoms with Crippen LogP contribution in [0.3, 0.4) is 0 Å². The molecule has 0 amide bonds. The van der Waals surface area contributed by atoms with Gasteiger partial charge in [-0.05, 0) is 43.3 Å². The van der Waals surface area contributed by atoms with Gasteiger partial charge in [-0.2, -0.15) is 4.98 Å². The highest BCUT2D eigenvalue weighted by atomic mass is 16.5. The Bertz CT molecular complexity index is 942. The number of nitrogens with one attached hydrogen (secondary N) is 2. The van der Waals surface area contributed by atoms with E-state index in [2.05, 4.69) is 20.6 Å². The van der Waals surface area contributed by atoms with Crippen LogP contribution >= 0.6 is 0 Å². The van der Waals surface area contributed by atoms with Crippen LogP contribution in [-0.2, 0) is 4.74 Å². The summed E-state index contributed by atoms with van der Waals surface area (Å²) in [7, 11) is 2.97. The Morgan fingerprint density at radius 3 is 2.41 bits per heavy atom. The number of aryl methyl sites for hydroxylation is 1. The molecule has 27 heavy (non-hydrogen) atoms. The van der Waals surface area contributed by atoms with Crippen LogP contribution in [0.15, 0.2) is 54.6 Å². The van der Waals surface area contributed by atoms with Gasteiger partial charge in [0.2, 0.25) is 5.95 Å². The summed E-state index contributed by atoms with van der Waals surface area (Å²) >= 11 is 0. The molecular weight excluding hydrogens is 344 g/mol. The van der Waals surface area contributed by atoms with Gasteiger partial charge in [0.25, 0.3) is 0 Å². The maximum atomic E-state index is 11.5. The van der Waals surface area contributed by atoms with E-state index in [4.69, 9.17) is 9.47 Å². The highest BCUT2D eigenvalue weighted by Crippen LogP contribution is 2.27. The molecule has 0 aliphatic heterocycles. The van der Waals surface area contributed by atoms with Crippen molar-refractivity contribution in [1.29, 1.82) is 0 Å². The van der Waals surface area contributed by atoms with E-state index in [-0.39, 0.29) is 5.97 Å². The van der Waals surface area contributed by atoms with Crippen LogP contribution in [0.2, 0.25) is 0 Å². The monoisotopic (exact) mass is 364 g/mol. The predicted octanol–water partition coefficient (Wildman–Crippen LogP) is 4.07. The van der Waals surface area contributed by atoms with Crippen LogP contribution in [0.25, 0.3) is 0 Å². The van der Waals surface area contributed by atoms with Gasteiger partial charge in [-0.25, -0.2) is 9.78 Å². The molecule has 2 aromatic carbocycles. The zero-order valence-electron chi connectivity index (χ0n) is 15.3. The van der Waals surface area contributed by atoms with Gasteiger partial charge < -0.3 is 20.1 Å². The minimum Gasteiger partial charge on any atom is -0.495 e. The zero-order chi connectivity index (χ0) is 19.2. The summed E-state index contributed by atoms with van der Waals surface area (Å²) in [5, 5.41) is 6.38. The molecule has 0 aliphatic carbocycles. The molecule has 0 aliphatic rings. The molecule has 0 saturated carbocycles. The zero-order valence-corrected chi connectivity index (χ0v) is 15.3. The number of carbonyl (C=O) groups is 1. The van der Waals surface area contributed by atoms with Crippen molar-refractivity contribution in [3.05, 3.63) is 65.9 Å². The van der Waals surface area contributed by atoms with E-state index in [0.29, 0.717) is 17.3 Å². The van der Waals surface area contributed by atoms with Crippen LogP contribution in [0.4, 0.5) is 23.1 Å². The predicted molar refractivity (Wildman–Crippen MR) is 104 cm³/mol. The van der Waals surface area contributed by atoms with E-state index >= 15 is 0 Å². The van der Waals surface area contributed by atoms with E-state index in [1.165, 1.54) is 7.11 Å². The van der Waals surface area contributed by atoms with E-state index in [0.717, 1.165) is 22.8 Å². The van der Waals surface area contributed by atoms with Gasteiger partial charge in [-0.15, -0.1) is 0 Å². The van der Waals surface area contributed by atoms with Gasteiger partial charge >= 0.3 is 5.97 Å². The molecule has 0 unspecified atom stereocenters. The van der Waals surface area contributed by atoms with Crippen molar-refractivity contribution in [2.75, 3.05) is 24.9 Å². The Hall–Kier alpha value is -3.61. The molecule has 0 radical (unpaired) electrons. The first-order valence-electron chi connectivity index (χ1n) is 8.30. The van der Waals surface area contributed by atoms with E-state index in [1.807, 2.05) is 37.3 Å². The largest absolute Gasteiger partial charge is 0.495 e. The lowest BCUT2D eigenvalue weighted by molar-refractivity contribution is 0.0601. The Morgan fingerprint density at radius 1 is 0.963 bits per heavy atom. The number of ether oxygens (including phenoxy) is 2. The summed E-state index contributed by atoms with van der Waals surface area (Å²) in [5.41, 5.74) is 2.85. The fraction of sp³-hybridized carbons (Fsp3) is 0.150. The normalized spacial score (nSPS) is 10.2. The molecule has 7 heteroatoms. The molecule has 7 nitrogen and oxygen atoms in total. The molecular formula is C20H20N4O3. The third-order valence-corrected chi connectivity index (χ3v) is 3.79. The Labute approximate surface area is 157 Å². The second kappa shape index (κ2) is 8.18. The second-order valence-electron chi connectivity index (χ2n) is 5.74. The van der Waals surface area contributed by atoms with Crippen LogP contribution in [0, 0.1) is 6.92 Å². The molecule has 138 valence electrons. The molecule has 0 saturated heterocycles. The number of hydrogen-bond donors (Lipinski definition) is 2. The van der Waals surface area contributed by atoms with Crippen molar-refractivity contribution in [3.8, 4) is 5.75 Å². The summed E-state index contributed by atoms with van der Waals surface area (Å²) in [4.78, 5) is 20.4. The van der Waals surface area contributed by atoms with Crippen molar-refractivity contribution >= 4 is 29.1 Å². The Kier molecular flexibility index (Phi) is 5.51. The molecule has 0 spiro atoms. The van der Waals surface area contributed by atoms with Gasteiger partial charge in [0.05, 0.1) is 25.5 Å². The summed E-state index contributed by atoms with van der Waals surface area (Å²) in [6.45, 7) is 1.89. The molecule has 0 atom stereocenters. The quantitative estimate of drug-likeness (QED) is 0.638. The topological polar surface area (TPSA) is 85.4 Å². The number of nitrogens with zero attached hydrogens (tertiary/aromatic N) is 2. The van der Waals surface area contributed by atoms with Crippen LogP contribution in [0.5, 0.6) is 5.75 Å². The fourth-order valence-corrected chi connectivity index (χ4v) is 2.51. The first-order valence-corrected chi connectivity index (χ1v) is 8.30. The average Bonchev–Trinajstić information content (AvgIpc) is 2.68. The van der Waals surface area contributed by atoms with Gasteiger partial charge in [-0.1, -0.05) is 12.1 Å². The van der Waals surface area contributed by atoms with Gasteiger partial charge in [0.15, 0.2) is 0 Å². The lowest BCUT2D eigenvalue weighted by atomic mass is 10.2. The number of hydrogen-bond acceptors (Lipinski definition) is 7. The highest BCUT2D eigenvalue weighted by molar-refractivity contribution is 5.89. The number of anilines is 4. The smallest absolute Gasteiger partial charge is 0.337 e. The third-order valence-electron chi connectivity index (χ3n) is 3.79. The van der Waals surface area contributed by atoms with Crippen molar-refractivity contribution in [3.63, 3.8) is 0 Å². The van der Waals surface area contributed by atoms with Crippen molar-refractivity contribution < 1.29 is 14.3 Å². The van der Waals surface area contributed by atoms with Gasteiger partial charge in [-0.3, -0.25) is 0 Å². The van der Waals surface area contributed by atoms with Crippen molar-refractivity contribution in [1.82, 2.24) is 9.97 Å². The van der Waals surface area contributed by atoms with Crippen LogP contribution in [-0.4, -0.2) is 30.2 Å². The van der Waals surface area contributed by atoms with Crippen molar-refractivity contribution in [2.24, 2.45) is 0 Å². The lowest BCUT2D eigenvalue weighted by Crippen LogP contribution is -2.04. The fourth-order valence-electron chi connectivity index (χ4n) is 2.51. The number of benzene rings is 2. The van der Waals surface area contributed by atoms with Gasteiger partial charge in [0, 0.05) is 17.4 Å². The summed E-state index contributed by atoms with van der Waals surface area (Å²) in [6.07, 6.45) is 0. The molecule has 3 rings (SSSR count). The van der Waals surface area contributed by atoms with Gasteiger partial charge in [0.1, 0.15) is 11.6 Å². The Balaban J connectivity index is 1.80. The second-order valence-corrected chi connectivity index (χ2v) is 5.74. The van der Waals surface area contributed by atoms with E-state index in [1.54, 1.807) is 31.4 Å². The molecule has 1 heterocycles. The van der Waals surface area contributed by atoms with Crippen LogP contribution < -0.4 is 15.4 Å². The number of para-hydroxylation sites is 2. The molecule has 1 aromatic heterocycles. The standard InChI is InChI=1S/C20H20N4O3/c1-13-12-18(23-16-6-4-5-7-17(16)26-2)24-20(21-13)22-15-10-8-14(9-11-15)19(25)27-3/h4-12H,1-3H3,(H2,21,22,23,24). The third kappa shape index (κ3) is 4.52. The molecule has 3 aromatic rings. The molecule has 0 fully saturated rings. The summed E-state index contributed by atoms with van der Waals surface area (Å²) in [6, 6.07) is 16.3. The summed E-state index contributed by atoms with van der Waals surface area (Å²) in [5.74, 6) is 1.43. The number of aromatic nitrogens is 2. The highest BCUT2D eigenvalue weighted by Gasteiger charge is 2.08. The first-order chi connectivity index (χ1) is 13.1. The van der Waals surface area contributed by atoms with Crippen LogP contribution in [0.1, 0.15) is 16.1 Å². The van der Waals surface area contributed by atoms with E-state index in [9.17, 15) is 4.79 Å². The number of rotatable bonds is 6. The number of esters is 1. The molecule has 0 bridgehead atoms. The lowest BCUT2D eigenvalue weighted by Gasteiger charge is -2.12. The van der Waals surface area contributed by atoms with E-state index < -0.39 is 0 Å². The first kappa shape index (κ1) is 18.2. The maximum absolute atomic E-state index is 11.5. The minimum absolute atomic E-state index is 0.378. The average molecular weight is 364 g/mol. The Morgan fingerprint density at radius 2 is 1.70 bits per heavy atom. The maximum Gasteiger partial charge on any atom is 0.337 e. The SMILES string of the molecule is COC(=O)c1ccc(Nc2nc(C)cc(Nc3ccccc3OC)n2)cc1. The number of methoxy groups -OCH3 is 2. The number of carbonyl (C=O) groups excluding carboxylic acids is 1. The van der Waals surface area contributed by atoms with Crippen molar-refractivity contribution in [2.45, 2.75) is 6.92 Å². The molecule has 2 N–H and O–H groups in total. The summed E-state index contributed by atoms with van der Waals surface area (Å²) < 4.78 is 10.1. The minimum atomic E-state index is -0.378.